The van der Waals surface area contributed by atoms with Crippen LogP contribution in [0.1, 0.15) is 25.0 Å². The molecule has 1 saturated carbocycles. The lowest BCUT2D eigenvalue weighted by Crippen LogP contribution is -2.35. The molecular weight excluding hydrogens is 321 g/mol. The Morgan fingerprint density at radius 1 is 1.28 bits per heavy atom. The van der Waals surface area contributed by atoms with Crippen LogP contribution in [-0.2, 0) is 16.1 Å². The molecule has 0 N–H and O–H groups in total. The van der Waals surface area contributed by atoms with Crippen LogP contribution in [0.25, 0.3) is 5.69 Å². The predicted molar refractivity (Wildman–Crippen MR) is 90.6 cm³/mol. The SMILES string of the molecule is COC(=O)C1CC12CCN(Cc1ccnn1-c1ccc(F)cc1)CC2. The van der Waals surface area contributed by atoms with Gasteiger partial charge in [-0.3, -0.25) is 9.69 Å². The number of hydrogen-bond donors (Lipinski definition) is 0. The summed E-state index contributed by atoms with van der Waals surface area (Å²) >= 11 is 0. The van der Waals surface area contributed by atoms with Crippen molar-refractivity contribution in [1.82, 2.24) is 14.7 Å². The van der Waals surface area contributed by atoms with Crippen LogP contribution in [0.15, 0.2) is 36.5 Å². The largest absolute Gasteiger partial charge is 0.469 e. The molecular formula is C19H22FN3O2. The highest BCUT2D eigenvalue weighted by atomic mass is 19.1. The van der Waals surface area contributed by atoms with Crippen molar-refractivity contribution < 1.29 is 13.9 Å². The van der Waals surface area contributed by atoms with Crippen LogP contribution in [0, 0.1) is 17.2 Å². The zero-order valence-electron chi connectivity index (χ0n) is 14.3. The lowest BCUT2D eigenvalue weighted by Gasteiger charge is -2.32. The molecule has 0 radical (unpaired) electrons. The molecule has 1 spiro atoms. The molecule has 2 heterocycles. The third kappa shape index (κ3) is 3.06. The third-order valence-electron chi connectivity index (χ3n) is 5.71. The van der Waals surface area contributed by atoms with Crippen molar-refractivity contribution in [2.75, 3.05) is 20.2 Å². The van der Waals surface area contributed by atoms with Gasteiger partial charge in [0, 0.05) is 12.7 Å². The molecule has 6 heteroatoms. The highest BCUT2D eigenvalue weighted by Crippen LogP contribution is 2.59. The number of halogens is 1. The number of methoxy groups -OCH3 is 1. The van der Waals surface area contributed by atoms with E-state index in [9.17, 15) is 9.18 Å². The van der Waals surface area contributed by atoms with E-state index in [1.807, 2.05) is 10.7 Å². The molecule has 1 unspecified atom stereocenters. The number of benzene rings is 1. The number of carbonyl (C=O) groups excluding carboxylic acids is 1. The Hall–Kier alpha value is -2.21. The minimum Gasteiger partial charge on any atom is -0.469 e. The van der Waals surface area contributed by atoms with Crippen LogP contribution in [0.3, 0.4) is 0 Å². The first kappa shape index (κ1) is 16.3. The molecule has 1 aromatic carbocycles. The summed E-state index contributed by atoms with van der Waals surface area (Å²) < 4.78 is 19.9. The Bertz CT molecular complexity index is 763. The van der Waals surface area contributed by atoms with Crippen LogP contribution in [0.2, 0.25) is 0 Å². The Balaban J connectivity index is 1.39. The Morgan fingerprint density at radius 2 is 2.00 bits per heavy atom. The number of hydrogen-bond acceptors (Lipinski definition) is 4. The molecule has 1 aliphatic carbocycles. The molecule has 1 aliphatic heterocycles. The van der Waals surface area contributed by atoms with E-state index in [0.29, 0.717) is 0 Å². The number of ether oxygens (including phenoxy) is 1. The number of esters is 1. The summed E-state index contributed by atoms with van der Waals surface area (Å²) in [6, 6.07) is 8.38. The maximum atomic E-state index is 13.1. The first-order chi connectivity index (χ1) is 12.1. The van der Waals surface area contributed by atoms with Crippen molar-refractivity contribution in [2.45, 2.75) is 25.8 Å². The highest BCUT2D eigenvalue weighted by Gasteiger charge is 2.59. The lowest BCUT2D eigenvalue weighted by atomic mass is 9.91. The second-order valence-electron chi connectivity index (χ2n) is 7.13. The van der Waals surface area contributed by atoms with E-state index >= 15 is 0 Å². The molecule has 2 aliphatic rings. The molecule has 2 fully saturated rings. The molecule has 1 atom stereocenters. The first-order valence-corrected chi connectivity index (χ1v) is 8.70. The summed E-state index contributed by atoms with van der Waals surface area (Å²) in [5.74, 6) is -0.199. The Labute approximate surface area is 146 Å². The number of carbonyl (C=O) groups is 1. The molecule has 4 rings (SSSR count). The average Bonchev–Trinajstić information content (AvgIpc) is 3.13. The van der Waals surface area contributed by atoms with E-state index < -0.39 is 0 Å². The topological polar surface area (TPSA) is 47.4 Å². The van der Waals surface area contributed by atoms with Gasteiger partial charge < -0.3 is 4.74 Å². The van der Waals surface area contributed by atoms with Gasteiger partial charge in [0.25, 0.3) is 0 Å². The quantitative estimate of drug-likeness (QED) is 0.801. The van der Waals surface area contributed by atoms with Crippen LogP contribution >= 0.6 is 0 Å². The summed E-state index contributed by atoms with van der Waals surface area (Å²) in [5, 5.41) is 4.38. The van der Waals surface area contributed by atoms with Gasteiger partial charge in [-0.2, -0.15) is 5.10 Å². The van der Waals surface area contributed by atoms with E-state index in [1.54, 1.807) is 18.3 Å². The number of nitrogens with zero attached hydrogens (tertiary/aromatic N) is 3. The Kier molecular flexibility index (Phi) is 4.07. The van der Waals surface area contributed by atoms with E-state index in [4.69, 9.17) is 4.74 Å². The smallest absolute Gasteiger partial charge is 0.309 e. The molecule has 25 heavy (non-hydrogen) atoms. The van der Waals surface area contributed by atoms with Gasteiger partial charge in [0.15, 0.2) is 0 Å². The minimum absolute atomic E-state index is 0.0529. The fraction of sp³-hybridized carbons (Fsp3) is 0.474. The maximum absolute atomic E-state index is 13.1. The molecule has 0 bridgehead atoms. The summed E-state index contributed by atoms with van der Waals surface area (Å²) in [6.07, 6.45) is 4.83. The van der Waals surface area contributed by atoms with E-state index in [0.717, 1.165) is 50.3 Å². The number of rotatable bonds is 4. The van der Waals surface area contributed by atoms with Gasteiger partial charge in [-0.15, -0.1) is 0 Å². The first-order valence-electron chi connectivity index (χ1n) is 8.70. The zero-order valence-corrected chi connectivity index (χ0v) is 14.3. The monoisotopic (exact) mass is 343 g/mol. The highest BCUT2D eigenvalue weighted by molar-refractivity contribution is 5.76. The molecule has 1 saturated heterocycles. The van der Waals surface area contributed by atoms with Crippen LogP contribution < -0.4 is 0 Å². The van der Waals surface area contributed by atoms with Crippen LogP contribution in [0.4, 0.5) is 4.39 Å². The van der Waals surface area contributed by atoms with Gasteiger partial charge in [0.2, 0.25) is 0 Å². The van der Waals surface area contributed by atoms with Gasteiger partial charge in [-0.05, 0) is 68.1 Å². The van der Waals surface area contributed by atoms with Crippen LogP contribution in [-0.4, -0.2) is 40.8 Å². The van der Waals surface area contributed by atoms with E-state index in [-0.39, 0.29) is 23.1 Å². The van der Waals surface area contributed by atoms with Gasteiger partial charge >= 0.3 is 5.97 Å². The number of likely N-dealkylation sites (tertiary alicyclic amines) is 1. The summed E-state index contributed by atoms with van der Waals surface area (Å²) in [7, 11) is 1.47. The van der Waals surface area contributed by atoms with Crippen molar-refractivity contribution >= 4 is 5.97 Å². The fourth-order valence-electron chi connectivity index (χ4n) is 4.03. The average molecular weight is 343 g/mol. The lowest BCUT2D eigenvalue weighted by molar-refractivity contribution is -0.143. The normalized spacial score (nSPS) is 22.1. The minimum atomic E-state index is -0.247. The fourth-order valence-corrected chi connectivity index (χ4v) is 4.03. The molecule has 0 amide bonds. The molecule has 132 valence electrons. The number of aromatic nitrogens is 2. The van der Waals surface area contributed by atoms with Gasteiger partial charge in [0.05, 0.1) is 24.4 Å². The summed E-state index contributed by atoms with van der Waals surface area (Å²) in [5.41, 5.74) is 2.13. The summed E-state index contributed by atoms with van der Waals surface area (Å²) in [4.78, 5) is 14.1. The molecule has 1 aromatic heterocycles. The third-order valence-corrected chi connectivity index (χ3v) is 5.71. The molecule has 2 aromatic rings. The maximum Gasteiger partial charge on any atom is 0.309 e. The predicted octanol–water partition coefficient (Wildman–Crippen LogP) is 2.79. The standard InChI is InChI=1S/C19H22FN3O2/c1-25-18(24)17-12-19(17)7-10-22(11-8-19)13-16-6-9-21-23(16)15-4-2-14(20)3-5-15/h2-6,9,17H,7-8,10-13H2,1H3. The number of piperidine rings is 1. The molecule has 5 nitrogen and oxygen atoms in total. The summed E-state index contributed by atoms with van der Waals surface area (Å²) in [6.45, 7) is 2.75. The van der Waals surface area contributed by atoms with Crippen LogP contribution in [0.5, 0.6) is 0 Å². The van der Waals surface area contributed by atoms with Crippen molar-refractivity contribution in [3.8, 4) is 5.69 Å². The van der Waals surface area contributed by atoms with Gasteiger partial charge in [-0.1, -0.05) is 0 Å². The van der Waals surface area contributed by atoms with E-state index in [2.05, 4.69) is 10.00 Å². The van der Waals surface area contributed by atoms with Crippen molar-refractivity contribution in [3.05, 3.63) is 48.0 Å². The second-order valence-corrected chi connectivity index (χ2v) is 7.13. The van der Waals surface area contributed by atoms with Gasteiger partial charge in [0.1, 0.15) is 5.82 Å². The second kappa shape index (κ2) is 6.26. The van der Waals surface area contributed by atoms with Crippen molar-refractivity contribution in [2.24, 2.45) is 11.3 Å². The van der Waals surface area contributed by atoms with E-state index in [1.165, 1.54) is 19.2 Å². The van der Waals surface area contributed by atoms with Gasteiger partial charge in [-0.25, -0.2) is 9.07 Å². The van der Waals surface area contributed by atoms with Crippen molar-refractivity contribution in [1.29, 1.82) is 0 Å². The van der Waals surface area contributed by atoms with Crippen molar-refractivity contribution in [3.63, 3.8) is 0 Å². The Morgan fingerprint density at radius 3 is 2.68 bits per heavy atom. The zero-order chi connectivity index (χ0) is 17.4.